The first-order valence-corrected chi connectivity index (χ1v) is 12.2. The molecule has 0 N–H and O–H groups in total. The van der Waals surface area contributed by atoms with Crippen LogP contribution in [0.3, 0.4) is 0 Å². The van der Waals surface area contributed by atoms with Crippen LogP contribution in [0.1, 0.15) is 93.7 Å². The van der Waals surface area contributed by atoms with Gasteiger partial charge >= 0.3 is 0 Å². The summed E-state index contributed by atoms with van der Waals surface area (Å²) in [6.07, 6.45) is 11.3. The molecule has 3 unspecified atom stereocenters. The Hall–Kier alpha value is -1.80. The molecule has 0 aliphatic heterocycles. The van der Waals surface area contributed by atoms with Gasteiger partial charge in [0.1, 0.15) is 5.75 Å². The van der Waals surface area contributed by atoms with Crippen molar-refractivity contribution < 1.29 is 9.47 Å². The van der Waals surface area contributed by atoms with E-state index in [0.29, 0.717) is 11.8 Å². The van der Waals surface area contributed by atoms with Gasteiger partial charge in [-0.3, -0.25) is 0 Å². The fourth-order valence-corrected chi connectivity index (χ4v) is 5.18. The number of rotatable bonds is 9. The van der Waals surface area contributed by atoms with Crippen LogP contribution in [0.25, 0.3) is 0 Å². The molecule has 1 saturated carbocycles. The molecule has 3 atom stereocenters. The zero-order valence-electron chi connectivity index (χ0n) is 18.8. The van der Waals surface area contributed by atoms with Crippen LogP contribution >= 0.6 is 0 Å². The second kappa shape index (κ2) is 10.5. The third-order valence-corrected chi connectivity index (χ3v) is 7.35. The first-order valence-electron chi connectivity index (χ1n) is 12.2. The van der Waals surface area contributed by atoms with Crippen molar-refractivity contribution in [3.63, 3.8) is 0 Å². The summed E-state index contributed by atoms with van der Waals surface area (Å²) in [5, 5.41) is 0. The number of aryl methyl sites for hydroxylation is 1. The number of hydrogen-bond acceptors (Lipinski definition) is 2. The average molecular weight is 407 g/mol. The first-order chi connectivity index (χ1) is 14.7. The number of hydrogen-bond donors (Lipinski definition) is 0. The number of fused-ring (bicyclic) bond motifs is 1. The highest BCUT2D eigenvalue weighted by molar-refractivity contribution is 5.36. The molecule has 0 amide bonds. The molecular formula is C28H38O2. The van der Waals surface area contributed by atoms with E-state index in [4.69, 9.17) is 9.47 Å². The van der Waals surface area contributed by atoms with Crippen LogP contribution in [0.2, 0.25) is 0 Å². The number of benzene rings is 2. The second-order valence-corrected chi connectivity index (χ2v) is 9.37. The van der Waals surface area contributed by atoms with Gasteiger partial charge in [0, 0.05) is 5.92 Å². The van der Waals surface area contributed by atoms with Crippen molar-refractivity contribution in [2.24, 2.45) is 5.92 Å². The zero-order chi connectivity index (χ0) is 20.8. The molecule has 2 aromatic rings. The lowest BCUT2D eigenvalue weighted by Crippen LogP contribution is -2.28. The van der Waals surface area contributed by atoms with Crippen molar-refractivity contribution in [3.8, 4) is 5.75 Å². The molecule has 4 rings (SSSR count). The Kier molecular flexibility index (Phi) is 7.49. The fraction of sp³-hybridized carbons (Fsp3) is 0.571. The lowest BCUT2D eigenvalue weighted by atomic mass is 9.87. The van der Waals surface area contributed by atoms with Crippen molar-refractivity contribution in [1.82, 2.24) is 0 Å². The minimum Gasteiger partial charge on any atom is -0.464 e. The molecule has 2 aliphatic rings. The smallest absolute Gasteiger partial charge is 0.206 e. The Labute approximate surface area is 183 Å². The predicted molar refractivity (Wildman–Crippen MR) is 124 cm³/mol. The Morgan fingerprint density at radius 3 is 2.47 bits per heavy atom. The van der Waals surface area contributed by atoms with E-state index >= 15 is 0 Å². The first kappa shape index (κ1) is 21.4. The molecule has 2 aliphatic carbocycles. The molecular weight excluding hydrogens is 368 g/mol. The van der Waals surface area contributed by atoms with Gasteiger partial charge in [0.05, 0.1) is 6.61 Å². The Morgan fingerprint density at radius 1 is 0.933 bits per heavy atom. The fourth-order valence-electron chi connectivity index (χ4n) is 5.18. The molecule has 2 aromatic carbocycles. The van der Waals surface area contributed by atoms with Gasteiger partial charge in [-0.05, 0) is 66.3 Å². The summed E-state index contributed by atoms with van der Waals surface area (Å²) in [6.45, 7) is 5.32. The minimum atomic E-state index is -0.202. The molecule has 2 nitrogen and oxygen atoms in total. The topological polar surface area (TPSA) is 18.5 Å². The van der Waals surface area contributed by atoms with Gasteiger partial charge in [0.2, 0.25) is 6.29 Å². The maximum Gasteiger partial charge on any atom is 0.206 e. The monoisotopic (exact) mass is 406 g/mol. The van der Waals surface area contributed by atoms with E-state index in [2.05, 4.69) is 62.4 Å². The molecule has 0 saturated heterocycles. The van der Waals surface area contributed by atoms with Gasteiger partial charge in [-0.15, -0.1) is 0 Å². The SMILES string of the molecule is CCC(C)c1ccc(OC(OCCC2CCCCC2)C2CCc3ccccc32)cc1. The zero-order valence-corrected chi connectivity index (χ0v) is 18.8. The lowest BCUT2D eigenvalue weighted by molar-refractivity contribution is -0.0999. The van der Waals surface area contributed by atoms with Gasteiger partial charge in [-0.25, -0.2) is 0 Å². The molecule has 0 heterocycles. The Morgan fingerprint density at radius 2 is 1.70 bits per heavy atom. The van der Waals surface area contributed by atoms with Crippen molar-refractivity contribution in [2.75, 3.05) is 6.61 Å². The van der Waals surface area contributed by atoms with Gasteiger partial charge in [-0.1, -0.05) is 82.3 Å². The van der Waals surface area contributed by atoms with E-state index in [1.54, 1.807) is 0 Å². The summed E-state index contributed by atoms with van der Waals surface area (Å²) in [4.78, 5) is 0. The third kappa shape index (κ3) is 5.27. The molecule has 0 spiro atoms. The summed E-state index contributed by atoms with van der Waals surface area (Å²) in [6, 6.07) is 17.5. The standard InChI is InChI=1S/C28H38O2/c1-3-21(2)23-13-16-25(17-14-23)30-28(29-20-19-22-9-5-4-6-10-22)27-18-15-24-11-7-8-12-26(24)27/h7-8,11-14,16-17,21-22,27-28H,3-6,9-10,15,18-20H2,1-2H3. The quantitative estimate of drug-likeness (QED) is 0.399. The largest absolute Gasteiger partial charge is 0.464 e. The normalized spacial score (nSPS) is 21.2. The van der Waals surface area contributed by atoms with Gasteiger partial charge < -0.3 is 9.47 Å². The third-order valence-electron chi connectivity index (χ3n) is 7.35. The number of ether oxygens (including phenoxy) is 2. The van der Waals surface area contributed by atoms with Crippen molar-refractivity contribution in [2.45, 2.75) is 89.8 Å². The van der Waals surface area contributed by atoms with Crippen LogP contribution < -0.4 is 4.74 Å². The second-order valence-electron chi connectivity index (χ2n) is 9.37. The lowest BCUT2D eigenvalue weighted by Gasteiger charge is -2.28. The highest BCUT2D eigenvalue weighted by Gasteiger charge is 2.32. The van der Waals surface area contributed by atoms with Crippen LogP contribution in [-0.2, 0) is 11.2 Å². The molecule has 1 fully saturated rings. The van der Waals surface area contributed by atoms with Crippen LogP contribution in [0.5, 0.6) is 5.75 Å². The molecule has 30 heavy (non-hydrogen) atoms. The molecule has 0 bridgehead atoms. The maximum atomic E-state index is 6.49. The molecule has 162 valence electrons. The molecule has 0 radical (unpaired) electrons. The summed E-state index contributed by atoms with van der Waals surface area (Å²) < 4.78 is 13.0. The Bertz CT molecular complexity index is 775. The van der Waals surface area contributed by atoms with E-state index in [0.717, 1.165) is 37.5 Å². The Balaban J connectivity index is 1.44. The van der Waals surface area contributed by atoms with E-state index in [1.165, 1.54) is 55.2 Å². The van der Waals surface area contributed by atoms with Crippen LogP contribution in [0, 0.1) is 5.92 Å². The van der Waals surface area contributed by atoms with Gasteiger partial charge in [-0.2, -0.15) is 0 Å². The van der Waals surface area contributed by atoms with Gasteiger partial charge in [0.25, 0.3) is 0 Å². The van der Waals surface area contributed by atoms with Crippen molar-refractivity contribution in [3.05, 3.63) is 65.2 Å². The predicted octanol–water partition coefficient (Wildman–Crippen LogP) is 7.62. The van der Waals surface area contributed by atoms with Crippen LogP contribution in [0.4, 0.5) is 0 Å². The van der Waals surface area contributed by atoms with Crippen LogP contribution in [-0.4, -0.2) is 12.9 Å². The van der Waals surface area contributed by atoms with E-state index in [-0.39, 0.29) is 6.29 Å². The van der Waals surface area contributed by atoms with E-state index < -0.39 is 0 Å². The molecule has 2 heteroatoms. The summed E-state index contributed by atoms with van der Waals surface area (Å²) in [7, 11) is 0. The summed E-state index contributed by atoms with van der Waals surface area (Å²) >= 11 is 0. The van der Waals surface area contributed by atoms with Crippen molar-refractivity contribution >= 4 is 0 Å². The summed E-state index contributed by atoms with van der Waals surface area (Å²) in [5.41, 5.74) is 4.25. The highest BCUT2D eigenvalue weighted by Crippen LogP contribution is 2.38. The maximum absolute atomic E-state index is 6.49. The summed E-state index contributed by atoms with van der Waals surface area (Å²) in [5.74, 6) is 2.67. The van der Waals surface area contributed by atoms with Crippen LogP contribution in [0.15, 0.2) is 48.5 Å². The van der Waals surface area contributed by atoms with Gasteiger partial charge in [0.15, 0.2) is 0 Å². The van der Waals surface area contributed by atoms with Crippen molar-refractivity contribution in [1.29, 1.82) is 0 Å². The van der Waals surface area contributed by atoms with E-state index in [9.17, 15) is 0 Å². The molecule has 0 aromatic heterocycles. The highest BCUT2D eigenvalue weighted by atomic mass is 16.7. The average Bonchev–Trinajstić information content (AvgIpc) is 3.23. The van der Waals surface area contributed by atoms with E-state index in [1.807, 2.05) is 0 Å². The minimum absolute atomic E-state index is 0.202.